The van der Waals surface area contributed by atoms with Crippen molar-refractivity contribution in [3.8, 4) is 0 Å². The van der Waals surface area contributed by atoms with Gasteiger partial charge in [-0.2, -0.15) is 0 Å². The number of aromatic nitrogens is 2. The quantitative estimate of drug-likeness (QED) is 0.527. The summed E-state index contributed by atoms with van der Waals surface area (Å²) in [5.41, 5.74) is 0.955. The Morgan fingerprint density at radius 3 is 2.82 bits per heavy atom. The highest BCUT2D eigenvalue weighted by molar-refractivity contribution is 7.99. The monoisotopic (exact) mass is 188 g/mol. The highest BCUT2D eigenvalue weighted by Gasteiger charge is 2.04. The summed E-state index contributed by atoms with van der Waals surface area (Å²) in [6.45, 7) is 4.01. The molecule has 0 aliphatic carbocycles. The summed E-state index contributed by atoms with van der Waals surface area (Å²) < 4.78 is 0. The molecule has 0 aliphatic rings. The third-order valence-corrected chi connectivity index (χ3v) is 2.69. The zero-order valence-corrected chi connectivity index (χ0v) is 8.04. The predicted molar refractivity (Wildman–Crippen MR) is 48.2 cm³/mol. The van der Waals surface area contributed by atoms with E-state index in [0.717, 1.165) is 16.3 Å². The Morgan fingerprint density at radius 2 is 2.27 bits per heavy atom. The molecule has 0 fully saturated rings. The number of hydrogen-bond acceptors (Lipinski definition) is 3. The minimum absolute atomic E-state index is 0.560. The van der Waals surface area contributed by atoms with Crippen LogP contribution in [0, 0.1) is 6.92 Å². The minimum atomic E-state index is 0.560. The topological polar surface area (TPSA) is 25.8 Å². The van der Waals surface area contributed by atoms with E-state index in [9.17, 15) is 0 Å². The molecular formula is C7H9ClN2S. The fraction of sp³-hybridized carbons (Fsp3) is 0.429. The lowest BCUT2D eigenvalue weighted by atomic mass is 10.5. The molecule has 1 heterocycles. The predicted octanol–water partition coefficient (Wildman–Crippen LogP) is 2.55. The van der Waals surface area contributed by atoms with Gasteiger partial charge in [0, 0.05) is 0 Å². The number of hydrogen-bond donors (Lipinski definition) is 0. The third-order valence-electron chi connectivity index (χ3n) is 1.23. The molecule has 4 heteroatoms. The van der Waals surface area contributed by atoms with Crippen LogP contribution in [0.15, 0.2) is 11.2 Å². The van der Waals surface area contributed by atoms with Crippen LogP contribution in [0.5, 0.6) is 0 Å². The molecule has 0 amide bonds. The van der Waals surface area contributed by atoms with Crippen LogP contribution in [0.25, 0.3) is 0 Å². The van der Waals surface area contributed by atoms with Crippen molar-refractivity contribution in [3.05, 3.63) is 17.2 Å². The maximum Gasteiger partial charge on any atom is 0.146 e. The lowest BCUT2D eigenvalue weighted by molar-refractivity contribution is 1.03. The summed E-state index contributed by atoms with van der Waals surface area (Å²) in [6.07, 6.45) is 1.48. The van der Waals surface area contributed by atoms with E-state index in [1.54, 1.807) is 11.8 Å². The van der Waals surface area contributed by atoms with E-state index >= 15 is 0 Å². The van der Waals surface area contributed by atoms with Crippen molar-refractivity contribution < 1.29 is 0 Å². The second-order valence-corrected chi connectivity index (χ2v) is 3.64. The maximum atomic E-state index is 5.84. The number of rotatable bonds is 2. The summed E-state index contributed by atoms with van der Waals surface area (Å²) in [5, 5.41) is 0.560. The first kappa shape index (κ1) is 8.81. The molecule has 1 aromatic rings. The first-order chi connectivity index (χ1) is 5.25. The van der Waals surface area contributed by atoms with E-state index in [-0.39, 0.29) is 0 Å². The van der Waals surface area contributed by atoms with Crippen LogP contribution in [0.3, 0.4) is 0 Å². The third kappa shape index (κ3) is 2.07. The van der Waals surface area contributed by atoms with Crippen molar-refractivity contribution >= 4 is 23.4 Å². The van der Waals surface area contributed by atoms with Gasteiger partial charge in [-0.3, -0.25) is 0 Å². The molecule has 0 radical (unpaired) electrons. The van der Waals surface area contributed by atoms with Crippen molar-refractivity contribution in [2.24, 2.45) is 0 Å². The van der Waals surface area contributed by atoms with Gasteiger partial charge in [0.25, 0.3) is 0 Å². The van der Waals surface area contributed by atoms with Gasteiger partial charge in [-0.25, -0.2) is 9.97 Å². The van der Waals surface area contributed by atoms with E-state index in [4.69, 9.17) is 11.6 Å². The summed E-state index contributed by atoms with van der Waals surface area (Å²) >= 11 is 7.51. The van der Waals surface area contributed by atoms with Gasteiger partial charge in [-0.15, -0.1) is 11.8 Å². The van der Waals surface area contributed by atoms with E-state index in [2.05, 4.69) is 16.9 Å². The molecular weight excluding hydrogens is 180 g/mol. The molecule has 60 valence electrons. The van der Waals surface area contributed by atoms with Crippen LogP contribution in [-0.2, 0) is 0 Å². The van der Waals surface area contributed by atoms with Crippen molar-refractivity contribution in [2.75, 3.05) is 5.75 Å². The lowest BCUT2D eigenvalue weighted by Gasteiger charge is -2.02. The Morgan fingerprint density at radius 1 is 1.55 bits per heavy atom. The average Bonchev–Trinajstić information content (AvgIpc) is 1.97. The highest BCUT2D eigenvalue weighted by Crippen LogP contribution is 2.26. The number of thioether (sulfide) groups is 1. The molecule has 0 atom stereocenters. The smallest absolute Gasteiger partial charge is 0.146 e. The average molecular weight is 189 g/mol. The Kier molecular flexibility index (Phi) is 3.15. The first-order valence-electron chi connectivity index (χ1n) is 3.35. The van der Waals surface area contributed by atoms with Gasteiger partial charge >= 0.3 is 0 Å². The van der Waals surface area contributed by atoms with Gasteiger partial charge in [-0.1, -0.05) is 18.5 Å². The minimum Gasteiger partial charge on any atom is -0.240 e. The molecule has 0 aromatic carbocycles. The van der Waals surface area contributed by atoms with Gasteiger partial charge in [0.05, 0.1) is 10.6 Å². The molecule has 0 N–H and O–H groups in total. The number of nitrogens with zero attached hydrogens (tertiary/aromatic N) is 2. The molecule has 1 rings (SSSR count). The highest BCUT2D eigenvalue weighted by atomic mass is 35.5. The number of aryl methyl sites for hydroxylation is 1. The second-order valence-electron chi connectivity index (χ2n) is 2.01. The van der Waals surface area contributed by atoms with E-state index in [1.165, 1.54) is 6.33 Å². The zero-order chi connectivity index (χ0) is 8.27. The summed E-state index contributed by atoms with van der Waals surface area (Å²) in [5.74, 6) is 0.994. The van der Waals surface area contributed by atoms with Gasteiger partial charge in [-0.05, 0) is 12.7 Å². The summed E-state index contributed by atoms with van der Waals surface area (Å²) in [6, 6.07) is 0. The SMILES string of the molecule is CCSc1c(C)ncnc1Cl. The zero-order valence-electron chi connectivity index (χ0n) is 6.47. The van der Waals surface area contributed by atoms with Gasteiger partial charge in [0.1, 0.15) is 11.5 Å². The van der Waals surface area contributed by atoms with Crippen molar-refractivity contribution in [1.29, 1.82) is 0 Å². The maximum absolute atomic E-state index is 5.84. The Hall–Kier alpha value is -0.280. The van der Waals surface area contributed by atoms with Crippen molar-refractivity contribution in [3.63, 3.8) is 0 Å². The molecule has 0 saturated heterocycles. The molecule has 11 heavy (non-hydrogen) atoms. The van der Waals surface area contributed by atoms with Crippen molar-refractivity contribution in [1.82, 2.24) is 9.97 Å². The molecule has 1 aromatic heterocycles. The normalized spacial score (nSPS) is 10.1. The van der Waals surface area contributed by atoms with Crippen LogP contribution >= 0.6 is 23.4 Å². The largest absolute Gasteiger partial charge is 0.240 e. The summed E-state index contributed by atoms with van der Waals surface area (Å²) in [4.78, 5) is 8.93. The lowest BCUT2D eigenvalue weighted by Crippen LogP contribution is -1.89. The van der Waals surface area contributed by atoms with Crippen LogP contribution < -0.4 is 0 Å². The molecule has 0 spiro atoms. The van der Waals surface area contributed by atoms with Crippen LogP contribution in [0.4, 0.5) is 0 Å². The fourth-order valence-electron chi connectivity index (χ4n) is 0.741. The molecule has 0 unspecified atom stereocenters. The molecule has 0 aliphatic heterocycles. The number of halogens is 1. The van der Waals surface area contributed by atoms with E-state index in [1.807, 2.05) is 6.92 Å². The van der Waals surface area contributed by atoms with Gasteiger partial charge in [0.15, 0.2) is 0 Å². The van der Waals surface area contributed by atoms with Crippen LogP contribution in [-0.4, -0.2) is 15.7 Å². The van der Waals surface area contributed by atoms with Crippen LogP contribution in [0.1, 0.15) is 12.6 Å². The molecule has 0 saturated carbocycles. The Bertz CT molecular complexity index is 232. The Labute approximate surface area is 75.4 Å². The second kappa shape index (κ2) is 3.93. The fourth-order valence-corrected chi connectivity index (χ4v) is 1.81. The molecule has 2 nitrogen and oxygen atoms in total. The van der Waals surface area contributed by atoms with Crippen molar-refractivity contribution in [2.45, 2.75) is 18.7 Å². The van der Waals surface area contributed by atoms with Gasteiger partial charge < -0.3 is 0 Å². The molecule has 0 bridgehead atoms. The van der Waals surface area contributed by atoms with E-state index < -0.39 is 0 Å². The summed E-state index contributed by atoms with van der Waals surface area (Å²) in [7, 11) is 0. The van der Waals surface area contributed by atoms with Gasteiger partial charge in [0.2, 0.25) is 0 Å². The van der Waals surface area contributed by atoms with Crippen LogP contribution in [0.2, 0.25) is 5.15 Å². The van der Waals surface area contributed by atoms with E-state index in [0.29, 0.717) is 5.15 Å². The standard InChI is InChI=1S/C7H9ClN2S/c1-3-11-6-5(2)9-4-10-7(6)8/h4H,3H2,1-2H3. The Balaban J connectivity index is 3.00. The first-order valence-corrected chi connectivity index (χ1v) is 4.72.